The number of halogens is 1. The molecule has 6 nitrogen and oxygen atoms in total. The van der Waals surface area contributed by atoms with E-state index in [1.165, 1.54) is 0 Å². The van der Waals surface area contributed by atoms with Gasteiger partial charge in [0, 0.05) is 31.1 Å². The molecule has 1 unspecified atom stereocenters. The van der Waals surface area contributed by atoms with E-state index in [4.69, 9.17) is 16.3 Å². The minimum Gasteiger partial charge on any atom is -0.497 e. The molecular weight excluding hydrogens is 462 g/mol. The summed E-state index contributed by atoms with van der Waals surface area (Å²) in [7, 11) is 1.66. The number of likely N-dealkylation sites (tertiary alicyclic amines) is 2. The predicted molar refractivity (Wildman–Crippen MR) is 138 cm³/mol. The van der Waals surface area contributed by atoms with E-state index < -0.39 is 0 Å². The summed E-state index contributed by atoms with van der Waals surface area (Å²) >= 11 is 6.44. The van der Waals surface area contributed by atoms with Crippen molar-refractivity contribution in [3.05, 3.63) is 64.7 Å². The second kappa shape index (κ2) is 11.4. The molecule has 2 aliphatic heterocycles. The van der Waals surface area contributed by atoms with Crippen LogP contribution in [0.5, 0.6) is 5.75 Å². The molecule has 2 aromatic carbocycles. The molecule has 0 aliphatic carbocycles. The Labute approximate surface area is 213 Å². The number of ether oxygens (including phenoxy) is 1. The number of amides is 2. The molecule has 0 aromatic heterocycles. The van der Waals surface area contributed by atoms with Crippen LogP contribution in [0.3, 0.4) is 0 Å². The van der Waals surface area contributed by atoms with Crippen LogP contribution in [0.15, 0.2) is 48.5 Å². The molecule has 35 heavy (non-hydrogen) atoms. The molecule has 1 atom stereocenters. The number of piperidine rings is 1. The van der Waals surface area contributed by atoms with Crippen LogP contribution in [0.4, 0.5) is 0 Å². The van der Waals surface area contributed by atoms with Gasteiger partial charge >= 0.3 is 0 Å². The molecular formula is C28H36ClN3O3. The molecule has 2 aliphatic rings. The molecule has 2 fully saturated rings. The first-order valence-electron chi connectivity index (χ1n) is 12.6. The summed E-state index contributed by atoms with van der Waals surface area (Å²) in [4.78, 5) is 30.0. The van der Waals surface area contributed by atoms with Crippen LogP contribution in [0.25, 0.3) is 0 Å². The van der Waals surface area contributed by atoms with E-state index in [0.717, 1.165) is 68.7 Å². The van der Waals surface area contributed by atoms with Gasteiger partial charge in [-0.25, -0.2) is 0 Å². The zero-order valence-corrected chi connectivity index (χ0v) is 21.5. The molecule has 0 saturated carbocycles. The fourth-order valence-electron chi connectivity index (χ4n) is 5.33. The first-order valence-corrected chi connectivity index (χ1v) is 13.0. The van der Waals surface area contributed by atoms with Gasteiger partial charge in [0.05, 0.1) is 18.6 Å². The van der Waals surface area contributed by atoms with Gasteiger partial charge in [0.15, 0.2) is 0 Å². The molecule has 1 N–H and O–H groups in total. The Balaban J connectivity index is 1.31. The van der Waals surface area contributed by atoms with Gasteiger partial charge in [0.1, 0.15) is 5.75 Å². The van der Waals surface area contributed by atoms with Gasteiger partial charge in [-0.3, -0.25) is 9.59 Å². The van der Waals surface area contributed by atoms with Crippen LogP contribution in [0.2, 0.25) is 5.02 Å². The van der Waals surface area contributed by atoms with Crippen LogP contribution in [0, 0.1) is 5.41 Å². The molecule has 0 bridgehead atoms. The topological polar surface area (TPSA) is 61.9 Å². The Bertz CT molecular complexity index is 1020. The first-order chi connectivity index (χ1) is 16.9. The maximum Gasteiger partial charge on any atom is 0.229 e. The summed E-state index contributed by atoms with van der Waals surface area (Å²) in [5.74, 6) is 1.16. The molecule has 0 radical (unpaired) electrons. The van der Waals surface area contributed by atoms with Crippen LogP contribution >= 0.6 is 11.6 Å². The minimum absolute atomic E-state index is 0.0287. The molecule has 4 rings (SSSR count). The van der Waals surface area contributed by atoms with Gasteiger partial charge in [0.25, 0.3) is 0 Å². The van der Waals surface area contributed by atoms with Crippen molar-refractivity contribution >= 4 is 23.4 Å². The fourth-order valence-corrected chi connectivity index (χ4v) is 5.60. The average molecular weight is 498 g/mol. The Hall–Kier alpha value is -2.57. The first kappa shape index (κ1) is 25.5. The minimum atomic E-state index is -0.221. The number of carbonyl (C=O) groups is 2. The number of nitrogens with zero attached hydrogens (tertiary/aromatic N) is 2. The van der Waals surface area contributed by atoms with Gasteiger partial charge in [-0.1, -0.05) is 48.9 Å². The SMILES string of the molecule is CCC(=O)NC(CCN1CCC2(CC1)CCN(Cc1ccc(OC)cc1)C2=O)c1ccccc1Cl. The lowest BCUT2D eigenvalue weighted by Crippen LogP contribution is -2.45. The van der Waals surface area contributed by atoms with E-state index in [1.54, 1.807) is 7.11 Å². The molecule has 2 heterocycles. The van der Waals surface area contributed by atoms with Crippen molar-refractivity contribution in [3.8, 4) is 5.75 Å². The van der Waals surface area contributed by atoms with Gasteiger partial charge in [0.2, 0.25) is 11.8 Å². The standard InChI is InChI=1S/C28H36ClN3O3/c1-3-26(33)30-25(23-6-4-5-7-24(23)29)12-16-31-17-13-28(14-18-31)15-19-32(27(28)34)20-21-8-10-22(35-2)11-9-21/h4-11,25H,3,12-20H2,1-2H3,(H,30,33). The maximum atomic E-state index is 13.4. The maximum absolute atomic E-state index is 13.4. The Morgan fingerprint density at radius 3 is 2.43 bits per heavy atom. The number of carbonyl (C=O) groups excluding carboxylic acids is 2. The zero-order valence-electron chi connectivity index (χ0n) is 20.8. The van der Waals surface area contributed by atoms with Crippen molar-refractivity contribution in [2.75, 3.05) is 33.3 Å². The molecule has 7 heteroatoms. The van der Waals surface area contributed by atoms with Crippen LogP contribution in [-0.4, -0.2) is 54.9 Å². The quantitative estimate of drug-likeness (QED) is 0.539. The largest absolute Gasteiger partial charge is 0.497 e. The lowest BCUT2D eigenvalue weighted by Gasteiger charge is -2.38. The summed E-state index contributed by atoms with van der Waals surface area (Å²) in [6.07, 6.45) is 3.96. The Kier molecular flexibility index (Phi) is 8.34. The van der Waals surface area contributed by atoms with Crippen molar-refractivity contribution in [3.63, 3.8) is 0 Å². The Morgan fingerprint density at radius 2 is 1.77 bits per heavy atom. The van der Waals surface area contributed by atoms with Crippen molar-refractivity contribution in [1.29, 1.82) is 0 Å². The van der Waals surface area contributed by atoms with Gasteiger partial charge in [-0.15, -0.1) is 0 Å². The lowest BCUT2D eigenvalue weighted by molar-refractivity contribution is -0.139. The predicted octanol–water partition coefficient (Wildman–Crippen LogP) is 4.82. The van der Waals surface area contributed by atoms with E-state index in [9.17, 15) is 9.59 Å². The average Bonchev–Trinajstić information content (AvgIpc) is 3.18. The highest BCUT2D eigenvalue weighted by Gasteiger charge is 2.47. The third kappa shape index (κ3) is 5.99. The van der Waals surface area contributed by atoms with Crippen molar-refractivity contribution in [1.82, 2.24) is 15.1 Å². The number of benzene rings is 2. The normalized spacial score (nSPS) is 18.6. The third-order valence-corrected chi connectivity index (χ3v) is 7.96. The van der Waals surface area contributed by atoms with E-state index in [2.05, 4.69) is 10.2 Å². The number of nitrogens with one attached hydrogen (secondary N) is 1. The second-order valence-electron chi connectivity index (χ2n) is 9.73. The highest BCUT2D eigenvalue weighted by Crippen LogP contribution is 2.42. The van der Waals surface area contributed by atoms with Gasteiger partial charge in [-0.2, -0.15) is 0 Å². The summed E-state index contributed by atoms with van der Waals surface area (Å²) < 4.78 is 5.24. The van der Waals surface area contributed by atoms with Crippen molar-refractivity contribution < 1.29 is 14.3 Å². The van der Waals surface area contributed by atoms with Gasteiger partial charge in [-0.05, 0) is 68.1 Å². The van der Waals surface area contributed by atoms with Gasteiger partial charge < -0.3 is 19.9 Å². The van der Waals surface area contributed by atoms with E-state index in [-0.39, 0.29) is 17.4 Å². The van der Waals surface area contributed by atoms with E-state index >= 15 is 0 Å². The molecule has 1 spiro atoms. The highest BCUT2D eigenvalue weighted by molar-refractivity contribution is 6.31. The smallest absolute Gasteiger partial charge is 0.229 e. The molecule has 2 amide bonds. The summed E-state index contributed by atoms with van der Waals surface area (Å²) in [5, 5.41) is 3.82. The van der Waals surface area contributed by atoms with Crippen molar-refractivity contribution in [2.24, 2.45) is 5.41 Å². The summed E-state index contributed by atoms with van der Waals surface area (Å²) in [6.45, 7) is 6.00. The molecule has 2 saturated heterocycles. The van der Waals surface area contributed by atoms with Crippen LogP contribution in [0.1, 0.15) is 56.2 Å². The summed E-state index contributed by atoms with van der Waals surface area (Å²) in [5.41, 5.74) is 1.87. The fraction of sp³-hybridized carbons (Fsp3) is 0.500. The van der Waals surface area contributed by atoms with Crippen LogP contribution in [-0.2, 0) is 16.1 Å². The monoisotopic (exact) mass is 497 g/mol. The number of hydrogen-bond donors (Lipinski definition) is 1. The molecule has 2 aromatic rings. The Morgan fingerprint density at radius 1 is 1.09 bits per heavy atom. The van der Waals surface area contributed by atoms with E-state index in [0.29, 0.717) is 23.9 Å². The van der Waals surface area contributed by atoms with E-state index in [1.807, 2.05) is 60.4 Å². The highest BCUT2D eigenvalue weighted by atomic mass is 35.5. The molecule has 188 valence electrons. The van der Waals surface area contributed by atoms with Crippen LogP contribution < -0.4 is 10.1 Å². The second-order valence-corrected chi connectivity index (χ2v) is 10.1. The number of rotatable bonds is 9. The zero-order chi connectivity index (χ0) is 24.8. The lowest BCUT2D eigenvalue weighted by atomic mass is 9.77. The summed E-state index contributed by atoms with van der Waals surface area (Å²) in [6, 6.07) is 15.6. The van der Waals surface area contributed by atoms with Crippen molar-refractivity contribution in [2.45, 2.75) is 51.6 Å². The number of hydrogen-bond acceptors (Lipinski definition) is 4. The number of methoxy groups -OCH3 is 1. The third-order valence-electron chi connectivity index (χ3n) is 7.62.